The molecule has 0 radical (unpaired) electrons. The molecule has 2 aliphatic heterocycles. The van der Waals surface area contributed by atoms with Crippen LogP contribution < -0.4 is 20.1 Å². The van der Waals surface area contributed by atoms with E-state index in [0.717, 1.165) is 31.9 Å². The van der Waals surface area contributed by atoms with Gasteiger partial charge in [0.1, 0.15) is 5.75 Å². The van der Waals surface area contributed by atoms with Crippen molar-refractivity contribution in [2.45, 2.75) is 20.4 Å². The Bertz CT molecular complexity index is 1300. The van der Waals surface area contributed by atoms with Gasteiger partial charge in [-0.2, -0.15) is 0 Å². The summed E-state index contributed by atoms with van der Waals surface area (Å²) in [6, 6.07) is 17.6. The molecule has 1 amide bonds. The Balaban J connectivity index is 1.12. The highest BCUT2D eigenvalue weighted by Gasteiger charge is 2.24. The van der Waals surface area contributed by atoms with Gasteiger partial charge >= 0.3 is 0 Å². The lowest BCUT2D eigenvalue weighted by Crippen LogP contribution is -2.50. The summed E-state index contributed by atoms with van der Waals surface area (Å²) >= 11 is 0. The first-order valence-electron chi connectivity index (χ1n) is 13.3. The first-order valence-corrected chi connectivity index (χ1v) is 13.3. The fraction of sp³-hybridized carbons (Fsp3) is 0.414. The highest BCUT2D eigenvalue weighted by molar-refractivity contribution is 5.78. The third-order valence-electron chi connectivity index (χ3n) is 7.43. The maximum atomic E-state index is 12.6. The molecule has 3 aromatic rings. The first-order chi connectivity index (χ1) is 18.4. The number of aryl methyl sites for hydroxylation is 2. The van der Waals surface area contributed by atoms with Crippen LogP contribution in [-0.2, 0) is 11.3 Å². The van der Waals surface area contributed by atoms with Crippen molar-refractivity contribution in [2.75, 3.05) is 68.8 Å². The Morgan fingerprint density at radius 2 is 1.58 bits per heavy atom. The van der Waals surface area contributed by atoms with Crippen molar-refractivity contribution in [1.29, 1.82) is 0 Å². The van der Waals surface area contributed by atoms with Crippen molar-refractivity contribution in [3.63, 3.8) is 0 Å². The molecule has 5 rings (SSSR count). The predicted molar refractivity (Wildman–Crippen MR) is 149 cm³/mol. The van der Waals surface area contributed by atoms with Crippen LogP contribution in [0.5, 0.6) is 5.75 Å². The Morgan fingerprint density at radius 1 is 0.868 bits per heavy atom. The van der Waals surface area contributed by atoms with E-state index in [0.29, 0.717) is 44.4 Å². The van der Waals surface area contributed by atoms with E-state index in [1.54, 1.807) is 11.0 Å². The number of nitrogens with one attached hydrogen (secondary N) is 1. The molecule has 1 aromatic heterocycles. The normalized spacial score (nSPS) is 16.5. The summed E-state index contributed by atoms with van der Waals surface area (Å²) in [7, 11) is 0. The van der Waals surface area contributed by atoms with Crippen molar-refractivity contribution < 1.29 is 9.53 Å². The van der Waals surface area contributed by atoms with Gasteiger partial charge in [0.15, 0.2) is 6.61 Å². The lowest BCUT2D eigenvalue weighted by molar-refractivity contribution is -0.133. The summed E-state index contributed by atoms with van der Waals surface area (Å²) in [5, 5.41) is 0. The number of para-hydroxylation sites is 1. The second-order valence-electron chi connectivity index (χ2n) is 10.1. The zero-order valence-electron chi connectivity index (χ0n) is 22.2. The number of ether oxygens (including phenoxy) is 1. The van der Waals surface area contributed by atoms with Crippen molar-refractivity contribution >= 4 is 17.5 Å². The molecule has 2 aliphatic rings. The second kappa shape index (κ2) is 11.7. The van der Waals surface area contributed by atoms with Crippen LogP contribution in [0.4, 0.5) is 11.6 Å². The predicted octanol–water partition coefficient (Wildman–Crippen LogP) is 2.44. The van der Waals surface area contributed by atoms with Gasteiger partial charge in [-0.1, -0.05) is 24.3 Å². The lowest BCUT2D eigenvalue weighted by Gasteiger charge is -2.36. The van der Waals surface area contributed by atoms with Gasteiger partial charge in [0.25, 0.3) is 11.5 Å². The van der Waals surface area contributed by atoms with Gasteiger partial charge in [0.05, 0.1) is 5.69 Å². The van der Waals surface area contributed by atoms with E-state index in [9.17, 15) is 9.59 Å². The minimum absolute atomic E-state index is 0.0192. The lowest BCUT2D eigenvalue weighted by atomic mass is 10.1. The Morgan fingerprint density at radius 3 is 2.29 bits per heavy atom. The summed E-state index contributed by atoms with van der Waals surface area (Å²) in [4.78, 5) is 41.3. The quantitative estimate of drug-likeness (QED) is 0.516. The standard InChI is InChI=1S/C29H36N6O3/c1-22-8-9-25(18-23(22)2)33-12-10-32(11-13-33)20-24-19-27(36)31-29(30-24)35-16-14-34(15-17-35)28(37)21-38-26-6-4-3-5-7-26/h3-9,18-19H,10-17,20-21H2,1-2H3,(H,30,31,36). The fourth-order valence-electron chi connectivity index (χ4n) is 4.96. The maximum Gasteiger partial charge on any atom is 0.260 e. The number of carbonyl (C=O) groups is 1. The smallest absolute Gasteiger partial charge is 0.260 e. The Labute approximate surface area is 223 Å². The first kappa shape index (κ1) is 25.8. The van der Waals surface area contributed by atoms with Crippen LogP contribution in [0.1, 0.15) is 16.8 Å². The molecule has 0 saturated carbocycles. The second-order valence-corrected chi connectivity index (χ2v) is 10.1. The van der Waals surface area contributed by atoms with E-state index in [2.05, 4.69) is 46.8 Å². The molecule has 200 valence electrons. The van der Waals surface area contributed by atoms with Gasteiger partial charge in [-0.25, -0.2) is 4.98 Å². The van der Waals surface area contributed by atoms with E-state index in [4.69, 9.17) is 9.72 Å². The number of H-pyrrole nitrogens is 1. The molecule has 2 fully saturated rings. The summed E-state index contributed by atoms with van der Waals surface area (Å²) in [5.74, 6) is 1.22. The molecule has 9 heteroatoms. The number of rotatable bonds is 7. The van der Waals surface area contributed by atoms with Gasteiger partial charge in [0.2, 0.25) is 5.95 Å². The topological polar surface area (TPSA) is 85.0 Å². The number of hydrogen-bond donors (Lipinski definition) is 1. The van der Waals surface area contributed by atoms with Crippen molar-refractivity contribution in [3.8, 4) is 5.75 Å². The summed E-state index contributed by atoms with van der Waals surface area (Å²) in [6.07, 6.45) is 0. The van der Waals surface area contributed by atoms with Gasteiger partial charge in [-0.3, -0.25) is 19.5 Å². The third-order valence-corrected chi connectivity index (χ3v) is 7.43. The van der Waals surface area contributed by atoms with E-state index in [-0.39, 0.29) is 18.1 Å². The van der Waals surface area contributed by atoms with Crippen molar-refractivity contribution in [1.82, 2.24) is 19.8 Å². The number of nitrogens with zero attached hydrogens (tertiary/aromatic N) is 5. The van der Waals surface area contributed by atoms with Crippen LogP contribution in [-0.4, -0.2) is 84.6 Å². The average molecular weight is 517 g/mol. The zero-order valence-corrected chi connectivity index (χ0v) is 22.2. The highest BCUT2D eigenvalue weighted by Crippen LogP contribution is 2.21. The minimum Gasteiger partial charge on any atom is -0.484 e. The number of aromatic amines is 1. The Kier molecular flexibility index (Phi) is 7.93. The van der Waals surface area contributed by atoms with Crippen LogP contribution in [0.15, 0.2) is 59.4 Å². The molecule has 2 aromatic carbocycles. The SMILES string of the molecule is Cc1ccc(N2CCN(Cc3cc(=O)[nH]c(N4CCN(C(=O)COc5ccccc5)CC4)n3)CC2)cc1C. The van der Waals surface area contributed by atoms with Crippen molar-refractivity contribution in [3.05, 3.63) is 81.8 Å². The number of aromatic nitrogens is 2. The van der Waals surface area contributed by atoms with Crippen LogP contribution in [0.2, 0.25) is 0 Å². The number of piperazine rings is 2. The van der Waals surface area contributed by atoms with Gasteiger partial charge < -0.3 is 19.4 Å². The van der Waals surface area contributed by atoms with Gasteiger partial charge in [0, 0.05) is 70.7 Å². The van der Waals surface area contributed by atoms with Crippen LogP contribution in [0, 0.1) is 13.8 Å². The van der Waals surface area contributed by atoms with E-state index in [1.165, 1.54) is 16.8 Å². The molecular weight excluding hydrogens is 480 g/mol. The molecule has 2 saturated heterocycles. The maximum absolute atomic E-state index is 12.6. The summed E-state index contributed by atoms with van der Waals surface area (Å²) in [6.45, 7) is 11.0. The highest BCUT2D eigenvalue weighted by atomic mass is 16.5. The molecular formula is C29H36N6O3. The van der Waals surface area contributed by atoms with E-state index < -0.39 is 0 Å². The Hall–Kier alpha value is -3.85. The fourth-order valence-corrected chi connectivity index (χ4v) is 4.96. The van der Waals surface area contributed by atoms with Crippen LogP contribution in [0.3, 0.4) is 0 Å². The zero-order chi connectivity index (χ0) is 26.5. The number of hydrogen-bond acceptors (Lipinski definition) is 7. The molecule has 0 unspecified atom stereocenters. The molecule has 38 heavy (non-hydrogen) atoms. The summed E-state index contributed by atoms with van der Waals surface area (Å²) < 4.78 is 5.61. The van der Waals surface area contributed by atoms with Gasteiger partial charge in [-0.15, -0.1) is 0 Å². The molecule has 9 nitrogen and oxygen atoms in total. The molecule has 0 spiro atoms. The van der Waals surface area contributed by atoms with Crippen LogP contribution in [0.25, 0.3) is 0 Å². The monoisotopic (exact) mass is 516 g/mol. The van der Waals surface area contributed by atoms with Crippen molar-refractivity contribution in [2.24, 2.45) is 0 Å². The molecule has 0 atom stereocenters. The summed E-state index contributed by atoms with van der Waals surface area (Å²) in [5.41, 5.74) is 4.53. The number of anilines is 2. The molecule has 3 heterocycles. The largest absolute Gasteiger partial charge is 0.484 e. The molecule has 0 aliphatic carbocycles. The molecule has 1 N–H and O–H groups in total. The third kappa shape index (κ3) is 6.34. The van der Waals surface area contributed by atoms with Crippen LogP contribution >= 0.6 is 0 Å². The molecule has 0 bridgehead atoms. The number of benzene rings is 2. The van der Waals surface area contributed by atoms with E-state index in [1.807, 2.05) is 35.2 Å². The number of carbonyl (C=O) groups excluding carboxylic acids is 1. The van der Waals surface area contributed by atoms with Gasteiger partial charge in [-0.05, 0) is 49.2 Å². The average Bonchev–Trinajstić information content (AvgIpc) is 2.94. The van der Waals surface area contributed by atoms with E-state index >= 15 is 0 Å². The minimum atomic E-state index is -0.145. The number of amides is 1.